The maximum absolute atomic E-state index is 13.1. The molecule has 0 unspecified atom stereocenters. The highest BCUT2D eigenvalue weighted by molar-refractivity contribution is 6.47. The molecule has 0 saturated carbocycles. The molecule has 0 saturated heterocycles. The number of hydrogen-bond donors (Lipinski definition) is 1. The van der Waals surface area contributed by atoms with Crippen molar-refractivity contribution < 1.29 is 18.7 Å². The summed E-state index contributed by atoms with van der Waals surface area (Å²) in [6.07, 6.45) is 1.74. The lowest BCUT2D eigenvalue weighted by Crippen LogP contribution is -2.24. The van der Waals surface area contributed by atoms with Crippen molar-refractivity contribution >= 4 is 22.9 Å². The second-order valence-electron chi connectivity index (χ2n) is 6.65. The molecule has 2 heterocycles. The van der Waals surface area contributed by atoms with Gasteiger partial charge in [-0.25, -0.2) is 4.39 Å². The number of hydrogen-bond acceptors (Lipinski definition) is 3. The number of nitrogens with one attached hydrogen (secondary N) is 1. The maximum atomic E-state index is 13.1. The SMILES string of the molecule is CCOc1ccc(-c2cc3ccccn3c2C(=O)C(=O)Nc2ccc(F)cc2)cc1. The van der Waals surface area contributed by atoms with Gasteiger partial charge in [0.25, 0.3) is 11.7 Å². The summed E-state index contributed by atoms with van der Waals surface area (Å²) >= 11 is 0. The van der Waals surface area contributed by atoms with Crippen LogP contribution in [0.2, 0.25) is 0 Å². The molecule has 1 N–H and O–H groups in total. The third kappa shape index (κ3) is 3.80. The lowest BCUT2D eigenvalue weighted by molar-refractivity contribution is -0.112. The minimum Gasteiger partial charge on any atom is -0.494 e. The summed E-state index contributed by atoms with van der Waals surface area (Å²) < 4.78 is 20.3. The predicted molar refractivity (Wildman–Crippen MR) is 113 cm³/mol. The van der Waals surface area contributed by atoms with Crippen LogP contribution in [-0.4, -0.2) is 22.7 Å². The molecule has 4 aromatic rings. The molecule has 4 rings (SSSR count). The van der Waals surface area contributed by atoms with Crippen LogP contribution in [0, 0.1) is 5.82 Å². The first-order valence-electron chi connectivity index (χ1n) is 9.51. The van der Waals surface area contributed by atoms with Crippen molar-refractivity contribution in [2.45, 2.75) is 6.92 Å². The summed E-state index contributed by atoms with van der Waals surface area (Å²) in [6.45, 7) is 2.47. The van der Waals surface area contributed by atoms with Crippen molar-refractivity contribution in [3.8, 4) is 16.9 Å². The number of Topliss-reactive ketones (excluding diaryl/α,β-unsaturated/α-hetero) is 1. The van der Waals surface area contributed by atoms with Gasteiger partial charge in [0.05, 0.1) is 6.61 Å². The summed E-state index contributed by atoms with van der Waals surface area (Å²) in [5.74, 6) is -1.17. The molecule has 0 fully saturated rings. The third-order valence-electron chi connectivity index (χ3n) is 4.68. The van der Waals surface area contributed by atoms with Gasteiger partial charge < -0.3 is 14.5 Å². The first-order chi connectivity index (χ1) is 14.6. The number of ether oxygens (including phenoxy) is 1. The normalized spacial score (nSPS) is 10.7. The van der Waals surface area contributed by atoms with Crippen LogP contribution < -0.4 is 10.1 Å². The van der Waals surface area contributed by atoms with E-state index in [4.69, 9.17) is 4.74 Å². The van der Waals surface area contributed by atoms with Crippen LogP contribution in [0.25, 0.3) is 16.6 Å². The number of rotatable bonds is 6. The smallest absolute Gasteiger partial charge is 0.298 e. The molecule has 5 nitrogen and oxygen atoms in total. The lowest BCUT2D eigenvalue weighted by Gasteiger charge is -2.08. The van der Waals surface area contributed by atoms with Crippen LogP contribution in [0.3, 0.4) is 0 Å². The van der Waals surface area contributed by atoms with Crippen LogP contribution >= 0.6 is 0 Å². The summed E-state index contributed by atoms with van der Waals surface area (Å²) in [4.78, 5) is 25.8. The Morgan fingerprint density at radius 2 is 1.73 bits per heavy atom. The van der Waals surface area contributed by atoms with E-state index < -0.39 is 17.5 Å². The molecule has 0 aliphatic rings. The summed E-state index contributed by atoms with van der Waals surface area (Å²) in [7, 11) is 0. The van der Waals surface area contributed by atoms with Crippen LogP contribution in [0.4, 0.5) is 10.1 Å². The highest BCUT2D eigenvalue weighted by Crippen LogP contribution is 2.30. The monoisotopic (exact) mass is 402 g/mol. The van der Waals surface area contributed by atoms with Crippen LogP contribution in [0.5, 0.6) is 5.75 Å². The first-order valence-corrected chi connectivity index (χ1v) is 9.51. The molecule has 0 spiro atoms. The number of anilines is 1. The molecule has 0 aliphatic carbocycles. The quantitative estimate of drug-likeness (QED) is 0.366. The number of aromatic nitrogens is 1. The van der Waals surface area contributed by atoms with E-state index in [-0.39, 0.29) is 5.69 Å². The van der Waals surface area contributed by atoms with E-state index in [0.29, 0.717) is 17.9 Å². The average Bonchev–Trinajstić information content (AvgIpc) is 3.15. The molecule has 30 heavy (non-hydrogen) atoms. The van der Waals surface area contributed by atoms with Gasteiger partial charge in [-0.3, -0.25) is 9.59 Å². The fraction of sp³-hybridized carbons (Fsp3) is 0.0833. The molecule has 2 aromatic heterocycles. The van der Waals surface area contributed by atoms with Gasteiger partial charge in [0.1, 0.15) is 17.3 Å². The summed E-state index contributed by atoms with van der Waals surface area (Å²) in [5, 5.41) is 2.54. The molecular weight excluding hydrogens is 383 g/mol. The Kier molecular flexibility index (Phi) is 5.30. The summed E-state index contributed by atoms with van der Waals surface area (Å²) in [6, 6.07) is 20.0. The second-order valence-corrected chi connectivity index (χ2v) is 6.65. The van der Waals surface area contributed by atoms with E-state index in [0.717, 1.165) is 16.8 Å². The lowest BCUT2D eigenvalue weighted by atomic mass is 10.0. The van der Waals surface area contributed by atoms with Crippen molar-refractivity contribution in [2.24, 2.45) is 0 Å². The molecule has 0 atom stereocenters. The van der Waals surface area contributed by atoms with E-state index in [2.05, 4.69) is 5.32 Å². The largest absolute Gasteiger partial charge is 0.494 e. The van der Waals surface area contributed by atoms with Gasteiger partial charge >= 0.3 is 0 Å². The minimum absolute atomic E-state index is 0.259. The standard InChI is InChI=1S/C24H19FN2O3/c1-2-30-20-12-6-16(7-13-20)21-15-19-5-3-4-14-27(19)22(21)23(28)24(29)26-18-10-8-17(25)9-11-18/h3-15H,2H2,1H3,(H,26,29). The minimum atomic E-state index is -0.794. The zero-order chi connectivity index (χ0) is 21.1. The molecule has 0 radical (unpaired) electrons. The highest BCUT2D eigenvalue weighted by atomic mass is 19.1. The Hall–Kier alpha value is -3.93. The number of nitrogens with zero attached hydrogens (tertiary/aromatic N) is 1. The fourth-order valence-electron chi connectivity index (χ4n) is 3.30. The zero-order valence-electron chi connectivity index (χ0n) is 16.3. The molecule has 150 valence electrons. The van der Waals surface area contributed by atoms with E-state index in [1.807, 2.05) is 49.4 Å². The van der Waals surface area contributed by atoms with Crippen molar-refractivity contribution in [1.29, 1.82) is 0 Å². The third-order valence-corrected chi connectivity index (χ3v) is 4.68. The molecule has 0 aliphatic heterocycles. The van der Waals surface area contributed by atoms with Crippen LogP contribution in [0.15, 0.2) is 79.0 Å². The number of carbonyl (C=O) groups excluding carboxylic acids is 2. The van der Waals surface area contributed by atoms with Crippen LogP contribution in [-0.2, 0) is 4.79 Å². The van der Waals surface area contributed by atoms with Gasteiger partial charge in [-0.1, -0.05) is 18.2 Å². The summed E-state index contributed by atoms with van der Waals surface area (Å²) in [5.41, 5.74) is 2.83. The van der Waals surface area contributed by atoms with Crippen LogP contribution in [0.1, 0.15) is 17.4 Å². The van der Waals surface area contributed by atoms with E-state index >= 15 is 0 Å². The number of pyridine rings is 1. The van der Waals surface area contributed by atoms with E-state index in [9.17, 15) is 14.0 Å². The zero-order valence-corrected chi connectivity index (χ0v) is 16.3. The van der Waals surface area contributed by atoms with E-state index in [1.54, 1.807) is 16.7 Å². The number of benzene rings is 2. The Morgan fingerprint density at radius 1 is 1.00 bits per heavy atom. The van der Waals surface area contributed by atoms with Crippen molar-refractivity contribution in [2.75, 3.05) is 11.9 Å². The first kappa shape index (κ1) is 19.4. The number of fused-ring (bicyclic) bond motifs is 1. The fourth-order valence-corrected chi connectivity index (χ4v) is 3.30. The maximum Gasteiger partial charge on any atom is 0.298 e. The van der Waals surface area contributed by atoms with Gasteiger partial charge in [-0.15, -0.1) is 0 Å². The Labute approximate surface area is 172 Å². The molecule has 0 bridgehead atoms. The van der Waals surface area contributed by atoms with Gasteiger partial charge in [0, 0.05) is 23.0 Å². The highest BCUT2D eigenvalue weighted by Gasteiger charge is 2.25. The van der Waals surface area contributed by atoms with Gasteiger partial charge in [-0.2, -0.15) is 0 Å². The number of ketones is 1. The second kappa shape index (κ2) is 8.21. The number of carbonyl (C=O) groups is 2. The van der Waals surface area contributed by atoms with Gasteiger partial charge in [-0.05, 0) is 67.1 Å². The molecule has 6 heteroatoms. The predicted octanol–water partition coefficient (Wildman–Crippen LogP) is 4.97. The molecular formula is C24H19FN2O3. The van der Waals surface area contributed by atoms with E-state index in [1.165, 1.54) is 24.3 Å². The van der Waals surface area contributed by atoms with Gasteiger partial charge in [0.15, 0.2) is 0 Å². The number of halogens is 1. The molecule has 2 aromatic carbocycles. The Balaban J connectivity index is 1.73. The van der Waals surface area contributed by atoms with Crippen molar-refractivity contribution in [3.63, 3.8) is 0 Å². The Bertz CT molecular complexity index is 1210. The topological polar surface area (TPSA) is 59.8 Å². The number of amides is 1. The average molecular weight is 402 g/mol. The van der Waals surface area contributed by atoms with Crippen molar-refractivity contribution in [1.82, 2.24) is 4.40 Å². The molecule has 1 amide bonds. The Morgan fingerprint density at radius 3 is 2.43 bits per heavy atom. The van der Waals surface area contributed by atoms with Gasteiger partial charge in [0.2, 0.25) is 0 Å². The van der Waals surface area contributed by atoms with Crippen molar-refractivity contribution in [3.05, 3.63) is 90.5 Å².